The van der Waals surface area contributed by atoms with Crippen molar-refractivity contribution in [2.24, 2.45) is 17.8 Å². The Bertz CT molecular complexity index is 501. The number of aromatic nitrogens is 1. The fourth-order valence-corrected chi connectivity index (χ4v) is 4.71. The first kappa shape index (κ1) is 14.6. The van der Waals surface area contributed by atoms with Gasteiger partial charge in [0.2, 0.25) is 0 Å². The highest BCUT2D eigenvalue weighted by molar-refractivity contribution is 7.07. The van der Waals surface area contributed by atoms with Gasteiger partial charge in [0.05, 0.1) is 5.51 Å². The smallest absolute Gasteiger partial charge is 0.273 e. The van der Waals surface area contributed by atoms with Crippen LogP contribution in [0.2, 0.25) is 0 Å². The molecule has 1 aromatic heterocycles. The second kappa shape index (κ2) is 6.26. The maximum atomic E-state index is 12.4. The largest absolute Gasteiger partial charge is 0.381 e. The molecular formula is C16H23N3O2S. The molecular weight excluding hydrogens is 298 g/mol. The Morgan fingerprint density at radius 1 is 1.23 bits per heavy atom. The van der Waals surface area contributed by atoms with Gasteiger partial charge in [0.25, 0.3) is 5.91 Å². The lowest BCUT2D eigenvalue weighted by Gasteiger charge is -2.28. The summed E-state index contributed by atoms with van der Waals surface area (Å²) in [6.45, 7) is 7.21. The van der Waals surface area contributed by atoms with Crippen LogP contribution >= 0.6 is 11.3 Å². The number of nitrogens with zero attached hydrogens (tertiary/aromatic N) is 3. The van der Waals surface area contributed by atoms with Crippen molar-refractivity contribution in [1.82, 2.24) is 14.8 Å². The molecule has 1 amide bonds. The lowest BCUT2D eigenvalue weighted by atomic mass is 10.00. The molecule has 1 aromatic rings. The predicted octanol–water partition coefficient (Wildman–Crippen LogP) is 1.57. The molecule has 0 aliphatic carbocycles. The van der Waals surface area contributed by atoms with Crippen LogP contribution in [0.3, 0.4) is 0 Å². The maximum absolute atomic E-state index is 12.4. The van der Waals surface area contributed by atoms with Crippen LogP contribution < -0.4 is 0 Å². The van der Waals surface area contributed by atoms with Crippen molar-refractivity contribution < 1.29 is 9.53 Å². The molecule has 120 valence electrons. The first-order chi connectivity index (χ1) is 10.8. The normalized spacial score (nSPS) is 29.9. The number of amides is 1. The van der Waals surface area contributed by atoms with Crippen molar-refractivity contribution in [1.29, 1.82) is 0 Å². The lowest BCUT2D eigenvalue weighted by Crippen LogP contribution is -2.36. The van der Waals surface area contributed by atoms with E-state index >= 15 is 0 Å². The number of likely N-dealkylation sites (tertiary alicyclic amines) is 2. The van der Waals surface area contributed by atoms with Crippen molar-refractivity contribution in [2.75, 3.05) is 45.9 Å². The second-order valence-corrected chi connectivity index (χ2v) is 7.60. The maximum Gasteiger partial charge on any atom is 0.273 e. The number of rotatable bonds is 3. The molecule has 3 saturated heterocycles. The van der Waals surface area contributed by atoms with Gasteiger partial charge in [-0.2, -0.15) is 0 Å². The molecule has 3 fully saturated rings. The molecule has 0 saturated carbocycles. The van der Waals surface area contributed by atoms with E-state index in [4.69, 9.17) is 4.74 Å². The molecule has 0 N–H and O–H groups in total. The molecule has 3 aliphatic rings. The third-order valence-electron chi connectivity index (χ3n) is 5.36. The van der Waals surface area contributed by atoms with Gasteiger partial charge >= 0.3 is 0 Å². The Labute approximate surface area is 135 Å². The van der Waals surface area contributed by atoms with Crippen LogP contribution in [0.4, 0.5) is 0 Å². The molecule has 2 atom stereocenters. The molecule has 4 heterocycles. The highest BCUT2D eigenvalue weighted by Gasteiger charge is 2.42. The van der Waals surface area contributed by atoms with E-state index in [1.165, 1.54) is 30.7 Å². The van der Waals surface area contributed by atoms with E-state index in [0.29, 0.717) is 17.5 Å². The van der Waals surface area contributed by atoms with E-state index in [0.717, 1.165) is 45.3 Å². The van der Waals surface area contributed by atoms with Gasteiger partial charge in [-0.15, -0.1) is 11.3 Å². The standard InChI is InChI=1S/C16H23N3O2S/c20-16(15-10-22-11-17-15)19-8-13-6-18(7-14(13)9-19)5-12-1-3-21-4-2-12/h10-14H,1-9H2/t13-,14-/m0/s1. The molecule has 6 heteroatoms. The van der Waals surface area contributed by atoms with Crippen LogP contribution in [0.25, 0.3) is 0 Å². The monoisotopic (exact) mass is 321 g/mol. The number of thiazole rings is 1. The zero-order valence-electron chi connectivity index (χ0n) is 12.8. The van der Waals surface area contributed by atoms with Gasteiger partial charge in [0.15, 0.2) is 0 Å². The number of hydrogen-bond donors (Lipinski definition) is 0. The minimum Gasteiger partial charge on any atom is -0.381 e. The highest BCUT2D eigenvalue weighted by atomic mass is 32.1. The van der Waals surface area contributed by atoms with Crippen molar-refractivity contribution in [2.45, 2.75) is 12.8 Å². The lowest BCUT2D eigenvalue weighted by molar-refractivity contribution is 0.0536. The minimum absolute atomic E-state index is 0.117. The summed E-state index contributed by atoms with van der Waals surface area (Å²) in [7, 11) is 0. The summed E-state index contributed by atoms with van der Waals surface area (Å²) in [6, 6.07) is 0. The quantitative estimate of drug-likeness (QED) is 0.848. The van der Waals surface area contributed by atoms with Crippen molar-refractivity contribution in [3.05, 3.63) is 16.6 Å². The summed E-state index contributed by atoms with van der Waals surface area (Å²) in [5, 5.41) is 1.86. The summed E-state index contributed by atoms with van der Waals surface area (Å²) < 4.78 is 5.45. The van der Waals surface area contributed by atoms with E-state index in [1.807, 2.05) is 10.3 Å². The Hall–Kier alpha value is -0.980. The van der Waals surface area contributed by atoms with Gasteiger partial charge in [-0.1, -0.05) is 0 Å². The first-order valence-corrected chi connectivity index (χ1v) is 9.21. The highest BCUT2D eigenvalue weighted by Crippen LogP contribution is 2.33. The van der Waals surface area contributed by atoms with Crippen LogP contribution in [0.1, 0.15) is 23.3 Å². The van der Waals surface area contributed by atoms with Crippen LogP contribution in [-0.4, -0.2) is 66.6 Å². The molecule has 22 heavy (non-hydrogen) atoms. The number of ether oxygens (including phenoxy) is 1. The number of carbonyl (C=O) groups excluding carboxylic acids is 1. The molecule has 0 aromatic carbocycles. The van der Waals surface area contributed by atoms with E-state index in [2.05, 4.69) is 9.88 Å². The molecule has 0 spiro atoms. The number of carbonyl (C=O) groups is 1. The molecule has 0 unspecified atom stereocenters. The van der Waals surface area contributed by atoms with Crippen LogP contribution in [0, 0.1) is 17.8 Å². The van der Waals surface area contributed by atoms with Gasteiger partial charge < -0.3 is 14.5 Å². The van der Waals surface area contributed by atoms with E-state index in [-0.39, 0.29) is 5.91 Å². The summed E-state index contributed by atoms with van der Waals surface area (Å²) in [4.78, 5) is 21.2. The fourth-order valence-electron chi connectivity index (χ4n) is 4.18. The topological polar surface area (TPSA) is 45.7 Å². The average molecular weight is 321 g/mol. The van der Waals surface area contributed by atoms with Crippen LogP contribution in [0.15, 0.2) is 10.9 Å². The average Bonchev–Trinajstić information content (AvgIpc) is 3.23. The third kappa shape index (κ3) is 2.92. The number of hydrogen-bond acceptors (Lipinski definition) is 5. The second-order valence-electron chi connectivity index (χ2n) is 6.88. The zero-order valence-corrected chi connectivity index (χ0v) is 13.6. The Kier molecular flexibility index (Phi) is 4.15. The van der Waals surface area contributed by atoms with Crippen molar-refractivity contribution in [3.8, 4) is 0 Å². The Balaban J connectivity index is 1.30. The molecule has 0 radical (unpaired) electrons. The van der Waals surface area contributed by atoms with E-state index in [1.54, 1.807) is 5.51 Å². The van der Waals surface area contributed by atoms with E-state index in [9.17, 15) is 4.79 Å². The van der Waals surface area contributed by atoms with Gasteiger partial charge in [-0.05, 0) is 30.6 Å². The molecule has 4 rings (SSSR count). The van der Waals surface area contributed by atoms with Crippen LogP contribution in [-0.2, 0) is 4.74 Å². The SMILES string of the molecule is O=C(c1cscn1)N1C[C@@H]2CN(CC3CCOCC3)C[C@H]2C1. The Morgan fingerprint density at radius 3 is 2.59 bits per heavy atom. The molecule has 5 nitrogen and oxygen atoms in total. The summed E-state index contributed by atoms with van der Waals surface area (Å²) in [5.41, 5.74) is 2.35. The van der Waals surface area contributed by atoms with Crippen LogP contribution in [0.5, 0.6) is 0 Å². The third-order valence-corrected chi connectivity index (χ3v) is 5.94. The summed E-state index contributed by atoms with van der Waals surface area (Å²) in [5.74, 6) is 2.23. The van der Waals surface area contributed by atoms with Crippen molar-refractivity contribution in [3.63, 3.8) is 0 Å². The Morgan fingerprint density at radius 2 is 1.95 bits per heavy atom. The molecule has 3 aliphatic heterocycles. The van der Waals surface area contributed by atoms with E-state index < -0.39 is 0 Å². The number of fused-ring (bicyclic) bond motifs is 1. The predicted molar refractivity (Wildman–Crippen MR) is 85.0 cm³/mol. The van der Waals surface area contributed by atoms with Gasteiger partial charge in [0, 0.05) is 51.3 Å². The van der Waals surface area contributed by atoms with Gasteiger partial charge in [-0.3, -0.25) is 4.79 Å². The minimum atomic E-state index is 0.117. The molecule has 0 bridgehead atoms. The summed E-state index contributed by atoms with van der Waals surface area (Å²) >= 11 is 1.49. The van der Waals surface area contributed by atoms with Gasteiger partial charge in [0.1, 0.15) is 5.69 Å². The fraction of sp³-hybridized carbons (Fsp3) is 0.750. The van der Waals surface area contributed by atoms with Crippen molar-refractivity contribution >= 4 is 17.2 Å². The first-order valence-electron chi connectivity index (χ1n) is 8.27. The van der Waals surface area contributed by atoms with Gasteiger partial charge in [-0.25, -0.2) is 4.98 Å². The summed E-state index contributed by atoms with van der Waals surface area (Å²) in [6.07, 6.45) is 2.42. The zero-order chi connectivity index (χ0) is 14.9.